The van der Waals surface area contributed by atoms with Crippen molar-refractivity contribution < 1.29 is 19.8 Å². The van der Waals surface area contributed by atoms with E-state index in [1.54, 1.807) is 23.1 Å². The van der Waals surface area contributed by atoms with E-state index in [1.807, 2.05) is 0 Å². The van der Waals surface area contributed by atoms with Crippen LogP contribution in [0.2, 0.25) is 0 Å². The summed E-state index contributed by atoms with van der Waals surface area (Å²) in [6.07, 6.45) is 1.42. The molecule has 1 aliphatic heterocycles. The van der Waals surface area contributed by atoms with Gasteiger partial charge >= 0.3 is 5.97 Å². The lowest BCUT2D eigenvalue weighted by atomic mass is 10.00. The van der Waals surface area contributed by atoms with E-state index in [1.165, 1.54) is 6.07 Å². The van der Waals surface area contributed by atoms with Crippen molar-refractivity contribution >= 4 is 11.9 Å². The SMILES string of the molecule is O=C(O)c1ccccc1C(=O)N1CC2CCC(O)C2C1. The number of fused-ring (bicyclic) bond motifs is 1. The maximum atomic E-state index is 12.5. The first-order valence-corrected chi connectivity index (χ1v) is 6.87. The molecule has 2 fully saturated rings. The lowest BCUT2D eigenvalue weighted by molar-refractivity contribution is 0.0674. The van der Waals surface area contributed by atoms with Crippen molar-refractivity contribution in [2.45, 2.75) is 18.9 Å². The summed E-state index contributed by atoms with van der Waals surface area (Å²) in [4.78, 5) is 25.3. The number of hydrogen-bond donors (Lipinski definition) is 2. The molecule has 1 aliphatic carbocycles. The van der Waals surface area contributed by atoms with E-state index in [0.29, 0.717) is 19.0 Å². The minimum absolute atomic E-state index is 0.0371. The van der Waals surface area contributed by atoms with Gasteiger partial charge in [0.1, 0.15) is 0 Å². The number of carbonyl (C=O) groups is 2. The van der Waals surface area contributed by atoms with Crippen LogP contribution in [0.3, 0.4) is 0 Å². The predicted octanol–water partition coefficient (Wildman–Crippen LogP) is 1.23. The fourth-order valence-corrected chi connectivity index (χ4v) is 3.43. The Morgan fingerprint density at radius 3 is 2.45 bits per heavy atom. The standard InChI is InChI=1S/C15H17NO4/c17-13-6-5-9-7-16(8-12(9)13)14(18)10-3-1-2-4-11(10)15(19)20/h1-4,9,12-13,17H,5-8H2,(H,19,20). The fraction of sp³-hybridized carbons (Fsp3) is 0.467. The van der Waals surface area contributed by atoms with Crippen LogP contribution in [0.1, 0.15) is 33.6 Å². The van der Waals surface area contributed by atoms with Crippen LogP contribution in [0.25, 0.3) is 0 Å². The van der Waals surface area contributed by atoms with Crippen molar-refractivity contribution in [2.75, 3.05) is 13.1 Å². The quantitative estimate of drug-likeness (QED) is 0.851. The molecular formula is C15H17NO4. The minimum atomic E-state index is -1.09. The van der Waals surface area contributed by atoms with Gasteiger partial charge in [-0.25, -0.2) is 4.79 Å². The zero-order valence-corrected chi connectivity index (χ0v) is 11.0. The highest BCUT2D eigenvalue weighted by molar-refractivity contribution is 6.04. The van der Waals surface area contributed by atoms with Gasteiger partial charge in [-0.3, -0.25) is 4.79 Å². The average molecular weight is 275 g/mol. The summed E-state index contributed by atoms with van der Waals surface area (Å²) in [6.45, 7) is 1.15. The van der Waals surface area contributed by atoms with Gasteiger partial charge < -0.3 is 15.1 Å². The zero-order valence-electron chi connectivity index (χ0n) is 11.0. The van der Waals surface area contributed by atoms with E-state index in [2.05, 4.69) is 0 Å². The molecule has 1 aromatic rings. The highest BCUT2D eigenvalue weighted by Crippen LogP contribution is 2.38. The van der Waals surface area contributed by atoms with Crippen molar-refractivity contribution in [1.29, 1.82) is 0 Å². The largest absolute Gasteiger partial charge is 0.478 e. The molecule has 1 aromatic carbocycles. The maximum absolute atomic E-state index is 12.5. The third kappa shape index (κ3) is 2.08. The molecule has 0 spiro atoms. The van der Waals surface area contributed by atoms with E-state index in [0.717, 1.165) is 12.8 Å². The van der Waals surface area contributed by atoms with Gasteiger partial charge in [0.15, 0.2) is 0 Å². The van der Waals surface area contributed by atoms with Gasteiger partial charge in [-0.15, -0.1) is 0 Å². The Kier molecular flexibility index (Phi) is 3.22. The average Bonchev–Trinajstić information content (AvgIpc) is 3.00. The molecule has 106 valence electrons. The molecule has 1 saturated heterocycles. The number of benzene rings is 1. The number of aliphatic hydroxyl groups is 1. The molecule has 1 amide bonds. The number of hydrogen-bond acceptors (Lipinski definition) is 3. The molecule has 5 nitrogen and oxygen atoms in total. The second kappa shape index (κ2) is 4.90. The van der Waals surface area contributed by atoms with Crippen molar-refractivity contribution in [2.24, 2.45) is 11.8 Å². The van der Waals surface area contributed by atoms with Crippen molar-refractivity contribution in [3.05, 3.63) is 35.4 Å². The monoisotopic (exact) mass is 275 g/mol. The van der Waals surface area contributed by atoms with E-state index in [4.69, 9.17) is 5.11 Å². The van der Waals surface area contributed by atoms with Gasteiger partial charge in [0.2, 0.25) is 0 Å². The number of amides is 1. The number of nitrogens with zero attached hydrogens (tertiary/aromatic N) is 1. The lowest BCUT2D eigenvalue weighted by Gasteiger charge is -2.19. The summed E-state index contributed by atoms with van der Waals surface area (Å²) in [5, 5.41) is 19.0. The van der Waals surface area contributed by atoms with Crippen LogP contribution in [-0.2, 0) is 0 Å². The third-order valence-electron chi connectivity index (χ3n) is 4.49. The molecule has 20 heavy (non-hydrogen) atoms. The van der Waals surface area contributed by atoms with Crippen molar-refractivity contribution in [3.8, 4) is 0 Å². The fourth-order valence-electron chi connectivity index (χ4n) is 3.43. The first kappa shape index (κ1) is 13.1. The number of aromatic carboxylic acids is 1. The first-order chi connectivity index (χ1) is 9.58. The van der Waals surface area contributed by atoms with E-state index in [-0.39, 0.29) is 29.1 Å². The second-order valence-electron chi connectivity index (χ2n) is 5.63. The third-order valence-corrected chi connectivity index (χ3v) is 4.49. The molecule has 3 rings (SSSR count). The topological polar surface area (TPSA) is 77.8 Å². The second-order valence-corrected chi connectivity index (χ2v) is 5.63. The van der Waals surface area contributed by atoms with Gasteiger partial charge in [0.05, 0.1) is 17.2 Å². The number of carbonyl (C=O) groups excluding carboxylic acids is 1. The Bertz CT molecular complexity index is 557. The Morgan fingerprint density at radius 2 is 1.80 bits per heavy atom. The summed E-state index contributed by atoms with van der Waals surface area (Å²) < 4.78 is 0. The molecular weight excluding hydrogens is 258 g/mol. The van der Waals surface area contributed by atoms with Crippen LogP contribution >= 0.6 is 0 Å². The normalized spacial score (nSPS) is 28.4. The minimum Gasteiger partial charge on any atom is -0.478 e. The molecule has 0 radical (unpaired) electrons. The summed E-state index contributed by atoms with van der Waals surface area (Å²) in [5.74, 6) is -0.833. The summed E-state index contributed by atoms with van der Waals surface area (Å²) in [6, 6.07) is 6.28. The number of carboxylic acids is 1. The van der Waals surface area contributed by atoms with Crippen LogP contribution in [0.15, 0.2) is 24.3 Å². The van der Waals surface area contributed by atoms with Gasteiger partial charge in [0.25, 0.3) is 5.91 Å². The smallest absolute Gasteiger partial charge is 0.336 e. The summed E-state index contributed by atoms with van der Waals surface area (Å²) in [7, 11) is 0. The van der Waals surface area contributed by atoms with Crippen molar-refractivity contribution in [1.82, 2.24) is 4.90 Å². The molecule has 5 heteroatoms. The van der Waals surface area contributed by atoms with Gasteiger partial charge in [-0.2, -0.15) is 0 Å². The lowest BCUT2D eigenvalue weighted by Crippen LogP contribution is -2.32. The Hall–Kier alpha value is -1.88. The first-order valence-electron chi connectivity index (χ1n) is 6.87. The number of rotatable bonds is 2. The molecule has 2 N–H and O–H groups in total. The van der Waals surface area contributed by atoms with Crippen LogP contribution < -0.4 is 0 Å². The predicted molar refractivity (Wildman–Crippen MR) is 71.5 cm³/mol. The summed E-state index contributed by atoms with van der Waals surface area (Å²) in [5.41, 5.74) is 0.268. The molecule has 0 aromatic heterocycles. The molecule has 1 heterocycles. The van der Waals surface area contributed by atoms with E-state index in [9.17, 15) is 14.7 Å². The number of carboxylic acid groups (broad SMARTS) is 1. The van der Waals surface area contributed by atoms with Gasteiger partial charge in [0, 0.05) is 19.0 Å². The van der Waals surface area contributed by atoms with Gasteiger partial charge in [-0.1, -0.05) is 12.1 Å². The Labute approximate surface area is 116 Å². The molecule has 2 aliphatic rings. The van der Waals surface area contributed by atoms with E-state index >= 15 is 0 Å². The molecule has 3 unspecified atom stereocenters. The van der Waals surface area contributed by atoms with Crippen molar-refractivity contribution in [3.63, 3.8) is 0 Å². The van der Waals surface area contributed by atoms with Crippen LogP contribution in [0, 0.1) is 11.8 Å². The zero-order chi connectivity index (χ0) is 14.3. The number of aliphatic hydroxyl groups excluding tert-OH is 1. The van der Waals surface area contributed by atoms with E-state index < -0.39 is 5.97 Å². The molecule has 3 atom stereocenters. The Balaban J connectivity index is 1.83. The van der Waals surface area contributed by atoms with Crippen LogP contribution in [0.5, 0.6) is 0 Å². The van der Waals surface area contributed by atoms with Gasteiger partial charge in [-0.05, 0) is 30.9 Å². The van der Waals surface area contributed by atoms with Crippen LogP contribution in [-0.4, -0.2) is 46.2 Å². The maximum Gasteiger partial charge on any atom is 0.336 e. The highest BCUT2D eigenvalue weighted by Gasteiger charge is 2.43. The molecule has 1 saturated carbocycles. The highest BCUT2D eigenvalue weighted by atomic mass is 16.4. The van der Waals surface area contributed by atoms with Crippen LogP contribution in [0.4, 0.5) is 0 Å². The Morgan fingerprint density at radius 1 is 1.10 bits per heavy atom. The summed E-state index contributed by atoms with van der Waals surface area (Å²) >= 11 is 0. The molecule has 0 bridgehead atoms. The number of likely N-dealkylation sites (tertiary alicyclic amines) is 1.